The van der Waals surface area contributed by atoms with E-state index >= 15 is 0 Å². The van der Waals surface area contributed by atoms with Gasteiger partial charge in [-0.25, -0.2) is 4.98 Å². The molecule has 0 saturated carbocycles. The van der Waals surface area contributed by atoms with Crippen LogP contribution in [0.4, 0.5) is 5.69 Å². The molecule has 0 unspecified atom stereocenters. The second-order valence-electron chi connectivity index (χ2n) is 22.4. The minimum Gasteiger partial charge on any atom is -0.481 e. The maximum absolute atomic E-state index is 15.0. The first kappa shape index (κ1) is 69.3. The summed E-state index contributed by atoms with van der Waals surface area (Å²) in [6.45, 7) is 19.2. The zero-order chi connectivity index (χ0) is 60.4. The number of aliphatic hydroxyl groups excluding tert-OH is 1. The van der Waals surface area contributed by atoms with Gasteiger partial charge < -0.3 is 55.9 Å². The number of piperidine rings is 1. The molecular formula is C59H92N8O13S. The van der Waals surface area contributed by atoms with Crippen molar-refractivity contribution in [3.05, 3.63) is 45.9 Å². The Morgan fingerprint density at radius 2 is 1.57 bits per heavy atom. The molecule has 3 rings (SSSR count). The zero-order valence-electron chi connectivity index (χ0n) is 49.6. The van der Waals surface area contributed by atoms with Gasteiger partial charge in [0, 0.05) is 55.9 Å². The Hall–Kier alpha value is -5.99. The fourth-order valence-electron chi connectivity index (χ4n) is 9.48. The molecule has 21 nitrogen and oxygen atoms in total. The molecule has 1 aromatic carbocycles. The van der Waals surface area contributed by atoms with Gasteiger partial charge >= 0.3 is 11.9 Å². The molecule has 7 N–H and O–H groups in total. The Bertz CT molecular complexity index is 2390. The molecule has 81 heavy (non-hydrogen) atoms. The van der Waals surface area contributed by atoms with Gasteiger partial charge in [-0.05, 0) is 108 Å². The van der Waals surface area contributed by atoms with E-state index in [0.717, 1.165) is 30.7 Å². The topological polar surface area (TPSA) is 284 Å². The molecule has 1 aliphatic rings. The Morgan fingerprint density at radius 3 is 2.16 bits per heavy atom. The molecule has 1 saturated heterocycles. The minimum absolute atomic E-state index is 0.00280. The van der Waals surface area contributed by atoms with Gasteiger partial charge in [-0.15, -0.1) is 23.7 Å². The lowest BCUT2D eigenvalue weighted by atomic mass is 9.84. The number of aromatic nitrogens is 1. The number of esters is 1. The molecule has 2 aromatic rings. The fourth-order valence-corrected chi connectivity index (χ4v) is 10.3. The van der Waals surface area contributed by atoms with E-state index in [0.29, 0.717) is 54.9 Å². The lowest BCUT2D eigenvalue weighted by molar-refractivity contribution is -0.150. The van der Waals surface area contributed by atoms with Crippen LogP contribution in [-0.4, -0.2) is 162 Å². The van der Waals surface area contributed by atoms with Gasteiger partial charge in [-0.2, -0.15) is 0 Å². The smallest absolute Gasteiger partial charge is 0.309 e. The van der Waals surface area contributed by atoms with E-state index in [1.807, 2.05) is 39.6 Å². The number of likely N-dealkylation sites (tertiary alicyclic amines) is 1. The van der Waals surface area contributed by atoms with E-state index in [-0.39, 0.29) is 100 Å². The molecule has 452 valence electrons. The summed E-state index contributed by atoms with van der Waals surface area (Å²) in [5.41, 5.74) is -0.128. The van der Waals surface area contributed by atoms with Crippen LogP contribution < -0.4 is 26.6 Å². The summed E-state index contributed by atoms with van der Waals surface area (Å²) < 4.78 is 16.4. The van der Waals surface area contributed by atoms with Crippen LogP contribution in [-0.2, 0) is 54.2 Å². The summed E-state index contributed by atoms with van der Waals surface area (Å²) in [7, 11) is 1.93. The molecule has 8 atom stereocenters. The first-order valence-electron chi connectivity index (χ1n) is 28.5. The lowest BCUT2D eigenvalue weighted by Crippen LogP contribution is -2.59. The number of terminal acetylenes is 1. The number of aliphatic hydroxyl groups is 1. The third-order valence-electron chi connectivity index (χ3n) is 14.5. The molecule has 0 spiro atoms. The van der Waals surface area contributed by atoms with Crippen LogP contribution in [0.3, 0.4) is 0 Å². The molecule has 2 heterocycles. The summed E-state index contributed by atoms with van der Waals surface area (Å²) in [4.78, 5) is 116. The van der Waals surface area contributed by atoms with Gasteiger partial charge in [0.1, 0.15) is 28.8 Å². The van der Waals surface area contributed by atoms with Gasteiger partial charge in [0.25, 0.3) is 5.91 Å². The summed E-state index contributed by atoms with van der Waals surface area (Å²) in [6.07, 6.45) is 10.0. The standard InChI is InChI=1S/C59H92N8O13S/c1-13-15-16-18-27-67(57(75)51(39(7)14-2)65-54(73)46-20-17-19-26-66(46)12)47(37(3)4)34-48(80-41(9)69)56-63-45(36-81-56)53(72)62-44(35-59(10,11)58(76)77)33-42-21-23-43(24-22-42)61-52(71)40(8)60-55(74)50(38(5)6)64-49(70)25-29-78-31-32-79-30-28-68/h1,21-24,36-40,44,46-48,50-51,68H,14-20,25-35H2,2-12H3,(H,60,74)(H,61,71)(H,62,72)(H,64,70)(H,65,73)(H,76,77)/t39-,40-,44-,46+,47+,48+,50-,51-/m0/s1. The second kappa shape index (κ2) is 35.1. The van der Waals surface area contributed by atoms with Crippen molar-refractivity contribution in [3.8, 4) is 12.3 Å². The van der Waals surface area contributed by atoms with Crippen molar-refractivity contribution in [2.24, 2.45) is 23.2 Å². The van der Waals surface area contributed by atoms with Crippen molar-refractivity contribution in [2.45, 2.75) is 182 Å². The minimum atomic E-state index is -1.26. The van der Waals surface area contributed by atoms with Crippen LogP contribution in [0.25, 0.3) is 0 Å². The van der Waals surface area contributed by atoms with Crippen LogP contribution >= 0.6 is 11.3 Å². The lowest BCUT2D eigenvalue weighted by Gasteiger charge is -2.40. The highest BCUT2D eigenvalue weighted by Crippen LogP contribution is 2.33. The number of amides is 6. The number of nitrogens with one attached hydrogen (secondary N) is 5. The molecule has 6 amide bonds. The SMILES string of the molecule is C#CCCCCN(C(=O)[C@@H](NC(=O)[C@H]1CCCCN1C)[C@@H](C)CC)[C@H](C[C@@H](OC(C)=O)c1nc(C(=O)N[C@@H](Cc2ccc(NC(=O)[C@H](C)NC(=O)[C@@H](NC(=O)CCOCCOCCO)C(C)C)cc2)CC(C)(C)C(=O)O)cs1)C(C)C. The van der Waals surface area contributed by atoms with Crippen molar-refractivity contribution < 1.29 is 62.8 Å². The summed E-state index contributed by atoms with van der Waals surface area (Å²) in [6, 6.07) is 2.47. The first-order valence-corrected chi connectivity index (χ1v) is 29.4. The van der Waals surface area contributed by atoms with E-state index in [2.05, 4.69) is 37.5 Å². The number of carbonyl (C=O) groups excluding carboxylic acids is 7. The predicted molar refractivity (Wildman–Crippen MR) is 310 cm³/mol. The molecule has 1 aliphatic heterocycles. The number of benzene rings is 1. The quantitative estimate of drug-likeness (QED) is 0.0247. The molecular weight excluding hydrogens is 1060 g/mol. The number of nitrogens with zero attached hydrogens (tertiary/aromatic N) is 3. The monoisotopic (exact) mass is 1150 g/mol. The molecule has 0 bridgehead atoms. The van der Waals surface area contributed by atoms with Crippen LogP contribution in [0.15, 0.2) is 29.6 Å². The average Bonchev–Trinajstić information content (AvgIpc) is 3.91. The molecule has 0 radical (unpaired) electrons. The number of likely N-dealkylation sites (N-methyl/N-ethyl adjacent to an activating group) is 1. The Labute approximate surface area is 483 Å². The number of ether oxygens (including phenoxy) is 3. The van der Waals surface area contributed by atoms with Crippen molar-refractivity contribution in [1.29, 1.82) is 0 Å². The second-order valence-corrected chi connectivity index (χ2v) is 23.3. The Kier molecular flexibility index (Phi) is 30.0. The van der Waals surface area contributed by atoms with Crippen molar-refractivity contribution in [1.82, 2.24) is 36.1 Å². The zero-order valence-corrected chi connectivity index (χ0v) is 50.4. The summed E-state index contributed by atoms with van der Waals surface area (Å²) in [5, 5.41) is 35.1. The highest BCUT2D eigenvalue weighted by atomic mass is 32.1. The van der Waals surface area contributed by atoms with Crippen LogP contribution in [0.1, 0.15) is 161 Å². The van der Waals surface area contributed by atoms with E-state index < -0.39 is 77.3 Å². The highest BCUT2D eigenvalue weighted by molar-refractivity contribution is 7.09. The third-order valence-corrected chi connectivity index (χ3v) is 15.5. The highest BCUT2D eigenvalue weighted by Gasteiger charge is 2.39. The normalized spacial score (nSPS) is 16.4. The number of carboxylic acid groups (broad SMARTS) is 1. The fraction of sp³-hybridized carbons (Fsp3) is 0.678. The van der Waals surface area contributed by atoms with E-state index in [1.54, 1.807) is 62.2 Å². The number of hydrogen-bond acceptors (Lipinski definition) is 15. The molecule has 0 aliphatic carbocycles. The summed E-state index contributed by atoms with van der Waals surface area (Å²) in [5.74, 6) is -2.10. The number of rotatable bonds is 36. The first-order chi connectivity index (χ1) is 38.3. The summed E-state index contributed by atoms with van der Waals surface area (Å²) >= 11 is 1.12. The van der Waals surface area contributed by atoms with Crippen molar-refractivity contribution in [2.75, 3.05) is 58.5 Å². The number of carbonyl (C=O) groups is 8. The number of unbranched alkanes of at least 4 members (excludes halogenated alkanes) is 2. The number of anilines is 1. The van der Waals surface area contributed by atoms with E-state index in [4.69, 9.17) is 25.7 Å². The maximum Gasteiger partial charge on any atom is 0.309 e. The Morgan fingerprint density at radius 1 is 0.889 bits per heavy atom. The largest absolute Gasteiger partial charge is 0.481 e. The van der Waals surface area contributed by atoms with E-state index in [1.165, 1.54) is 13.8 Å². The number of carboxylic acids is 1. The predicted octanol–water partition coefficient (Wildman–Crippen LogP) is 5.65. The number of hydrogen-bond donors (Lipinski definition) is 7. The van der Waals surface area contributed by atoms with Gasteiger partial charge in [0.2, 0.25) is 29.5 Å². The molecule has 22 heteroatoms. The van der Waals surface area contributed by atoms with Gasteiger partial charge in [0.05, 0.1) is 44.5 Å². The Balaban J connectivity index is 1.80. The number of aliphatic carboxylic acids is 1. The van der Waals surface area contributed by atoms with Crippen molar-refractivity contribution >= 4 is 64.4 Å². The van der Waals surface area contributed by atoms with Gasteiger partial charge in [-0.3, -0.25) is 43.3 Å². The van der Waals surface area contributed by atoms with Crippen LogP contribution in [0, 0.1) is 35.5 Å². The van der Waals surface area contributed by atoms with E-state index in [9.17, 15) is 43.5 Å². The third kappa shape index (κ3) is 23.4. The van der Waals surface area contributed by atoms with Crippen LogP contribution in [0.5, 0.6) is 0 Å². The maximum atomic E-state index is 15.0. The molecule has 1 fully saturated rings. The molecule has 1 aromatic heterocycles. The number of thiazole rings is 1. The van der Waals surface area contributed by atoms with Crippen molar-refractivity contribution in [3.63, 3.8) is 0 Å². The van der Waals surface area contributed by atoms with Gasteiger partial charge in [0.15, 0.2) is 6.10 Å². The van der Waals surface area contributed by atoms with Gasteiger partial charge in [-0.1, -0.05) is 66.5 Å². The average molecular weight is 1150 g/mol. The van der Waals surface area contributed by atoms with Crippen LogP contribution in [0.2, 0.25) is 0 Å².